The maximum absolute atomic E-state index is 12.3. The van der Waals surface area contributed by atoms with Crippen molar-refractivity contribution >= 4 is 31.9 Å². The number of sulfonamides is 1. The lowest BCUT2D eigenvalue weighted by Gasteiger charge is -2.38. The Bertz CT molecular complexity index is 403. The Morgan fingerprint density at radius 2 is 2.06 bits per heavy atom. The van der Waals surface area contributed by atoms with Gasteiger partial charge in [0.1, 0.15) is 0 Å². The summed E-state index contributed by atoms with van der Waals surface area (Å²) in [6.07, 6.45) is 3.99. The molecule has 0 aliphatic carbocycles. The van der Waals surface area contributed by atoms with Crippen molar-refractivity contribution in [2.75, 3.05) is 19.3 Å². The molecule has 0 spiro atoms. The fourth-order valence-corrected chi connectivity index (χ4v) is 2.79. The monoisotopic (exact) mass is 340 g/mol. The highest BCUT2D eigenvalue weighted by molar-refractivity contribution is 9.10. The lowest BCUT2D eigenvalue weighted by Crippen LogP contribution is -2.53. The molecule has 0 saturated carbocycles. The molecule has 7 heteroatoms. The third-order valence-corrected chi connectivity index (χ3v) is 4.01. The maximum atomic E-state index is 12.3. The van der Waals surface area contributed by atoms with E-state index in [-0.39, 0.29) is 11.9 Å². The van der Waals surface area contributed by atoms with E-state index in [0.29, 0.717) is 13.1 Å². The number of nitrogens with one attached hydrogen (secondary N) is 1. The van der Waals surface area contributed by atoms with E-state index in [0.717, 1.165) is 25.5 Å². The first-order valence-electron chi connectivity index (χ1n) is 6.06. The highest BCUT2D eigenvalue weighted by Crippen LogP contribution is 2.25. The average molecular weight is 341 g/mol. The summed E-state index contributed by atoms with van der Waals surface area (Å²) in [4.78, 5) is 14.0. The molecule has 0 aromatic carbocycles. The van der Waals surface area contributed by atoms with Crippen molar-refractivity contribution < 1.29 is 13.2 Å². The second-order valence-electron chi connectivity index (χ2n) is 5.24. The fourth-order valence-electron chi connectivity index (χ4n) is 2.07. The van der Waals surface area contributed by atoms with Gasteiger partial charge in [-0.2, -0.15) is 0 Å². The molecule has 1 amide bonds. The summed E-state index contributed by atoms with van der Waals surface area (Å²) in [7, 11) is -3.21. The Hall–Kier alpha value is -0.140. The third kappa shape index (κ3) is 4.85. The third-order valence-electron chi connectivity index (χ3n) is 2.98. The second-order valence-corrected chi connectivity index (χ2v) is 9.06. The van der Waals surface area contributed by atoms with Crippen molar-refractivity contribution in [3.63, 3.8) is 0 Å². The number of piperidine rings is 1. The molecule has 1 aliphatic rings. The van der Waals surface area contributed by atoms with Gasteiger partial charge in [0.2, 0.25) is 15.9 Å². The van der Waals surface area contributed by atoms with E-state index in [4.69, 9.17) is 0 Å². The molecule has 18 heavy (non-hydrogen) atoms. The van der Waals surface area contributed by atoms with Crippen LogP contribution in [-0.2, 0) is 14.8 Å². The molecule has 106 valence electrons. The molecule has 1 N–H and O–H groups in total. The van der Waals surface area contributed by atoms with Crippen LogP contribution in [0.15, 0.2) is 0 Å². The highest BCUT2D eigenvalue weighted by atomic mass is 79.9. The van der Waals surface area contributed by atoms with Gasteiger partial charge in [0.25, 0.3) is 0 Å². The smallest absolute Gasteiger partial charge is 0.239 e. The van der Waals surface area contributed by atoms with Gasteiger partial charge in [0, 0.05) is 19.1 Å². The van der Waals surface area contributed by atoms with Crippen LogP contribution in [0.25, 0.3) is 0 Å². The quantitative estimate of drug-likeness (QED) is 0.779. The number of nitrogens with zero attached hydrogens (tertiary/aromatic N) is 1. The summed E-state index contributed by atoms with van der Waals surface area (Å²) in [6, 6.07) is -0.0437. The van der Waals surface area contributed by atoms with Crippen LogP contribution >= 0.6 is 15.9 Å². The minimum absolute atomic E-state index is 0.0162. The van der Waals surface area contributed by atoms with Crippen molar-refractivity contribution in [1.29, 1.82) is 0 Å². The second kappa shape index (κ2) is 5.88. The van der Waals surface area contributed by atoms with Gasteiger partial charge in [-0.3, -0.25) is 4.79 Å². The van der Waals surface area contributed by atoms with E-state index < -0.39 is 14.3 Å². The standard InChI is InChI=1S/C11H21BrN2O3S/c1-11(2,12)10(15)14-7-5-4-6-9(14)8-13-18(3,16)17/h9,13H,4-8H2,1-3H3. The van der Waals surface area contributed by atoms with Crippen LogP contribution in [0.1, 0.15) is 33.1 Å². The number of hydrogen-bond donors (Lipinski definition) is 1. The Labute approximate surface area is 117 Å². The summed E-state index contributed by atoms with van der Waals surface area (Å²) in [5.41, 5.74) is 0. The number of likely N-dealkylation sites (tertiary alicyclic amines) is 1. The first kappa shape index (κ1) is 15.9. The van der Waals surface area contributed by atoms with E-state index >= 15 is 0 Å². The minimum Gasteiger partial charge on any atom is -0.337 e. The lowest BCUT2D eigenvalue weighted by atomic mass is 10.00. The summed E-state index contributed by atoms with van der Waals surface area (Å²) in [6.45, 7) is 4.62. The molecule has 0 aromatic rings. The van der Waals surface area contributed by atoms with E-state index in [1.807, 2.05) is 13.8 Å². The van der Waals surface area contributed by atoms with E-state index in [9.17, 15) is 13.2 Å². The summed E-state index contributed by atoms with van der Waals surface area (Å²) in [5.74, 6) is 0.0162. The van der Waals surface area contributed by atoms with Gasteiger partial charge in [-0.25, -0.2) is 13.1 Å². The van der Waals surface area contributed by atoms with Crippen LogP contribution < -0.4 is 4.72 Å². The molecule has 0 aromatic heterocycles. The molecular weight excluding hydrogens is 320 g/mol. The van der Waals surface area contributed by atoms with Gasteiger partial charge < -0.3 is 4.90 Å². The number of rotatable bonds is 4. The maximum Gasteiger partial charge on any atom is 0.239 e. The van der Waals surface area contributed by atoms with Crippen molar-refractivity contribution in [1.82, 2.24) is 9.62 Å². The van der Waals surface area contributed by atoms with Crippen LogP contribution in [0, 0.1) is 0 Å². The van der Waals surface area contributed by atoms with Gasteiger partial charge in [-0.05, 0) is 33.1 Å². The zero-order valence-corrected chi connectivity index (χ0v) is 13.5. The Kier molecular flexibility index (Phi) is 5.20. The van der Waals surface area contributed by atoms with Crippen LogP contribution in [-0.4, -0.2) is 48.9 Å². The molecular formula is C11H21BrN2O3S. The average Bonchev–Trinajstić information content (AvgIpc) is 2.23. The van der Waals surface area contributed by atoms with Gasteiger partial charge in [-0.1, -0.05) is 15.9 Å². The molecule has 0 radical (unpaired) electrons. The predicted octanol–water partition coefficient (Wildman–Crippen LogP) is 1.09. The molecule has 1 unspecified atom stereocenters. The zero-order valence-electron chi connectivity index (χ0n) is 11.1. The molecule has 5 nitrogen and oxygen atoms in total. The van der Waals surface area contributed by atoms with Crippen LogP contribution in [0.4, 0.5) is 0 Å². The summed E-state index contributed by atoms with van der Waals surface area (Å²) >= 11 is 3.37. The van der Waals surface area contributed by atoms with Gasteiger partial charge in [0.05, 0.1) is 10.6 Å². The number of halogens is 1. The van der Waals surface area contributed by atoms with Crippen LogP contribution in [0.3, 0.4) is 0 Å². The molecule has 1 aliphatic heterocycles. The Balaban J connectivity index is 2.71. The molecule has 1 atom stereocenters. The molecule has 1 heterocycles. The van der Waals surface area contributed by atoms with Gasteiger partial charge in [0.15, 0.2) is 0 Å². The van der Waals surface area contributed by atoms with Crippen molar-refractivity contribution in [2.24, 2.45) is 0 Å². The van der Waals surface area contributed by atoms with Crippen molar-refractivity contribution in [3.8, 4) is 0 Å². The molecule has 1 rings (SSSR count). The largest absolute Gasteiger partial charge is 0.337 e. The Morgan fingerprint density at radius 1 is 1.44 bits per heavy atom. The SMILES string of the molecule is CC(C)(Br)C(=O)N1CCCCC1CNS(C)(=O)=O. The highest BCUT2D eigenvalue weighted by Gasteiger charge is 2.34. The first-order chi connectivity index (χ1) is 8.11. The number of alkyl halides is 1. The van der Waals surface area contributed by atoms with E-state index in [1.54, 1.807) is 4.90 Å². The van der Waals surface area contributed by atoms with Crippen LogP contribution in [0.5, 0.6) is 0 Å². The van der Waals surface area contributed by atoms with Crippen LogP contribution in [0.2, 0.25) is 0 Å². The molecule has 0 bridgehead atoms. The number of carbonyl (C=O) groups excluding carboxylic acids is 1. The van der Waals surface area contributed by atoms with Crippen molar-refractivity contribution in [2.45, 2.75) is 43.5 Å². The summed E-state index contributed by atoms with van der Waals surface area (Å²) in [5, 5.41) is 0. The molecule has 1 fully saturated rings. The Morgan fingerprint density at radius 3 is 2.56 bits per heavy atom. The zero-order chi connectivity index (χ0) is 14.0. The lowest BCUT2D eigenvalue weighted by molar-refractivity contribution is -0.136. The number of carbonyl (C=O) groups is 1. The number of hydrogen-bond acceptors (Lipinski definition) is 3. The van der Waals surface area contributed by atoms with Crippen molar-refractivity contribution in [3.05, 3.63) is 0 Å². The first-order valence-corrected chi connectivity index (χ1v) is 8.74. The van der Waals surface area contributed by atoms with E-state index in [1.165, 1.54) is 0 Å². The summed E-state index contributed by atoms with van der Waals surface area (Å²) < 4.78 is 24.1. The minimum atomic E-state index is -3.21. The normalized spacial score (nSPS) is 22.0. The van der Waals surface area contributed by atoms with Gasteiger partial charge in [-0.15, -0.1) is 0 Å². The topological polar surface area (TPSA) is 66.5 Å². The van der Waals surface area contributed by atoms with E-state index in [2.05, 4.69) is 20.7 Å². The molecule has 1 saturated heterocycles. The van der Waals surface area contributed by atoms with Gasteiger partial charge >= 0.3 is 0 Å². The predicted molar refractivity (Wildman–Crippen MR) is 75.2 cm³/mol. The fraction of sp³-hybridized carbons (Fsp3) is 0.909. The number of amides is 1.